The summed E-state index contributed by atoms with van der Waals surface area (Å²) in [6.45, 7) is 5.09. The Hall–Kier alpha value is -1.44. The number of aromatic nitrogens is 2. The Labute approximate surface area is 130 Å². The highest BCUT2D eigenvalue weighted by molar-refractivity contribution is 5.76. The zero-order valence-electron chi connectivity index (χ0n) is 13.4. The van der Waals surface area contributed by atoms with Crippen molar-refractivity contribution in [3.63, 3.8) is 0 Å². The number of H-pyrrole nitrogens is 1. The average molecular weight is 311 g/mol. The summed E-state index contributed by atoms with van der Waals surface area (Å²) in [6, 6.07) is 0. The second kappa shape index (κ2) is 7.71. The number of nitrogens with zero attached hydrogens (tertiary/aromatic N) is 1. The quantitative estimate of drug-likeness (QED) is 0.692. The molecule has 1 saturated heterocycles. The molecule has 2 heterocycles. The van der Waals surface area contributed by atoms with E-state index in [-0.39, 0.29) is 17.9 Å². The van der Waals surface area contributed by atoms with Gasteiger partial charge in [0.15, 0.2) is 0 Å². The van der Waals surface area contributed by atoms with Crippen molar-refractivity contribution in [2.75, 3.05) is 26.9 Å². The van der Waals surface area contributed by atoms with Crippen LogP contribution < -0.4 is 5.32 Å². The van der Waals surface area contributed by atoms with Gasteiger partial charge >= 0.3 is 0 Å². The first kappa shape index (κ1) is 16.9. The van der Waals surface area contributed by atoms with Crippen LogP contribution in [0.1, 0.15) is 23.4 Å². The normalized spacial score (nSPS) is 25.2. The molecular weight excluding hydrogens is 286 g/mol. The van der Waals surface area contributed by atoms with Crippen molar-refractivity contribution in [2.45, 2.75) is 38.9 Å². The van der Waals surface area contributed by atoms with Crippen LogP contribution in [0.3, 0.4) is 0 Å². The van der Waals surface area contributed by atoms with E-state index in [4.69, 9.17) is 9.47 Å². The molecule has 0 unspecified atom stereocenters. The van der Waals surface area contributed by atoms with Gasteiger partial charge in [0, 0.05) is 31.7 Å². The van der Waals surface area contributed by atoms with E-state index in [0.29, 0.717) is 32.6 Å². The first-order chi connectivity index (χ1) is 10.5. The third-order valence-corrected chi connectivity index (χ3v) is 4.22. The average Bonchev–Trinajstić information content (AvgIpc) is 2.83. The van der Waals surface area contributed by atoms with E-state index in [1.54, 1.807) is 7.11 Å². The van der Waals surface area contributed by atoms with E-state index in [1.807, 2.05) is 13.8 Å². The number of hydrogen-bond acceptors (Lipinski definition) is 5. The van der Waals surface area contributed by atoms with Crippen LogP contribution in [0.2, 0.25) is 0 Å². The second-order valence-corrected chi connectivity index (χ2v) is 5.78. The van der Waals surface area contributed by atoms with Gasteiger partial charge in [-0.2, -0.15) is 5.10 Å². The van der Waals surface area contributed by atoms with Crippen LogP contribution in [0.25, 0.3) is 0 Å². The first-order valence-corrected chi connectivity index (χ1v) is 7.58. The molecule has 0 aromatic carbocycles. The van der Waals surface area contributed by atoms with Crippen LogP contribution in [0.15, 0.2) is 0 Å². The summed E-state index contributed by atoms with van der Waals surface area (Å²) in [7, 11) is 1.55. The third kappa shape index (κ3) is 4.06. The van der Waals surface area contributed by atoms with Crippen LogP contribution in [-0.2, 0) is 20.7 Å². The van der Waals surface area contributed by atoms with Gasteiger partial charge in [0.2, 0.25) is 5.91 Å². The molecule has 1 aliphatic heterocycles. The lowest BCUT2D eigenvalue weighted by Crippen LogP contribution is -2.49. The largest absolute Gasteiger partial charge is 0.390 e. The Balaban J connectivity index is 1.76. The zero-order chi connectivity index (χ0) is 16.1. The van der Waals surface area contributed by atoms with Gasteiger partial charge in [-0.1, -0.05) is 0 Å². The molecule has 1 aromatic heterocycles. The molecule has 124 valence electrons. The molecule has 2 rings (SSSR count). The van der Waals surface area contributed by atoms with Gasteiger partial charge in [-0.15, -0.1) is 0 Å². The second-order valence-electron chi connectivity index (χ2n) is 5.78. The highest BCUT2D eigenvalue weighted by Crippen LogP contribution is 2.17. The number of aliphatic hydroxyl groups excluding tert-OH is 1. The van der Waals surface area contributed by atoms with Gasteiger partial charge in [0.25, 0.3) is 0 Å². The maximum absolute atomic E-state index is 12.0. The predicted molar refractivity (Wildman–Crippen MR) is 80.5 cm³/mol. The number of hydrogen-bond donors (Lipinski definition) is 3. The lowest BCUT2D eigenvalue weighted by molar-refractivity contribution is -0.136. The van der Waals surface area contributed by atoms with Crippen molar-refractivity contribution in [3.05, 3.63) is 17.0 Å². The Kier molecular flexibility index (Phi) is 5.93. The molecule has 0 radical (unpaired) electrons. The Morgan fingerprint density at radius 3 is 2.91 bits per heavy atom. The number of rotatable bonds is 6. The summed E-state index contributed by atoms with van der Waals surface area (Å²) < 4.78 is 10.6. The number of carbonyl (C=O) groups is 1. The van der Waals surface area contributed by atoms with Gasteiger partial charge in [-0.05, 0) is 25.8 Å². The number of ether oxygens (including phenoxy) is 2. The van der Waals surface area contributed by atoms with Crippen LogP contribution in [0.5, 0.6) is 0 Å². The van der Waals surface area contributed by atoms with E-state index < -0.39 is 6.10 Å². The number of amides is 1. The van der Waals surface area contributed by atoms with Gasteiger partial charge in [0.05, 0.1) is 25.0 Å². The number of carbonyl (C=O) groups excluding carboxylic acids is 1. The van der Waals surface area contributed by atoms with Crippen molar-refractivity contribution in [1.82, 2.24) is 15.5 Å². The minimum Gasteiger partial charge on any atom is -0.390 e. The van der Waals surface area contributed by atoms with Crippen molar-refractivity contribution >= 4 is 5.91 Å². The minimum atomic E-state index is -0.614. The molecule has 22 heavy (non-hydrogen) atoms. The summed E-state index contributed by atoms with van der Waals surface area (Å²) in [6.07, 6.45) is 0.118. The van der Waals surface area contributed by atoms with Gasteiger partial charge < -0.3 is 19.9 Å². The van der Waals surface area contributed by atoms with Crippen molar-refractivity contribution in [1.29, 1.82) is 0 Å². The Morgan fingerprint density at radius 2 is 2.27 bits per heavy atom. The lowest BCUT2D eigenvalue weighted by atomic mass is 9.96. The number of aryl methyl sites for hydroxylation is 2. The number of methoxy groups -OCH3 is 1. The molecular formula is C15H25N3O4. The highest BCUT2D eigenvalue weighted by Gasteiger charge is 2.32. The molecule has 3 atom stereocenters. The fourth-order valence-corrected chi connectivity index (χ4v) is 2.74. The molecule has 7 heteroatoms. The highest BCUT2D eigenvalue weighted by atomic mass is 16.5. The summed E-state index contributed by atoms with van der Waals surface area (Å²) in [4.78, 5) is 12.0. The monoisotopic (exact) mass is 311 g/mol. The molecule has 1 aromatic rings. The van der Waals surface area contributed by atoms with Crippen LogP contribution in [0.4, 0.5) is 0 Å². The molecule has 0 saturated carbocycles. The van der Waals surface area contributed by atoms with E-state index in [2.05, 4.69) is 15.5 Å². The fraction of sp³-hybridized carbons (Fsp3) is 0.733. The van der Waals surface area contributed by atoms with Crippen LogP contribution >= 0.6 is 0 Å². The standard InChI is InChI=1S/C15H25N3O4/c1-9-12(10(2)18-17-9)4-5-14(19)16-6-11-7-22-8-13(21-3)15(11)20/h11,13,15,20H,4-8H2,1-3H3,(H,16,19)(H,17,18)/t11-,13-,15+/m1/s1. The van der Waals surface area contributed by atoms with Gasteiger partial charge in [-0.25, -0.2) is 0 Å². The molecule has 3 N–H and O–H groups in total. The summed E-state index contributed by atoms with van der Waals surface area (Å²) >= 11 is 0. The molecule has 7 nitrogen and oxygen atoms in total. The van der Waals surface area contributed by atoms with Crippen LogP contribution in [-0.4, -0.2) is 60.3 Å². The van der Waals surface area contributed by atoms with Crippen molar-refractivity contribution in [3.8, 4) is 0 Å². The van der Waals surface area contributed by atoms with E-state index >= 15 is 0 Å². The molecule has 1 amide bonds. The fourth-order valence-electron chi connectivity index (χ4n) is 2.74. The first-order valence-electron chi connectivity index (χ1n) is 7.58. The smallest absolute Gasteiger partial charge is 0.220 e. The van der Waals surface area contributed by atoms with Crippen LogP contribution in [0, 0.1) is 19.8 Å². The zero-order valence-corrected chi connectivity index (χ0v) is 13.4. The van der Waals surface area contributed by atoms with E-state index in [9.17, 15) is 9.90 Å². The van der Waals surface area contributed by atoms with Gasteiger partial charge in [0.1, 0.15) is 6.10 Å². The molecule has 1 aliphatic rings. The number of nitrogens with one attached hydrogen (secondary N) is 2. The van der Waals surface area contributed by atoms with Gasteiger partial charge in [-0.3, -0.25) is 9.89 Å². The molecule has 1 fully saturated rings. The Morgan fingerprint density at radius 1 is 1.50 bits per heavy atom. The maximum Gasteiger partial charge on any atom is 0.220 e. The van der Waals surface area contributed by atoms with Crippen molar-refractivity contribution in [2.24, 2.45) is 5.92 Å². The summed E-state index contributed by atoms with van der Waals surface area (Å²) in [5.74, 6) is -0.174. The lowest BCUT2D eigenvalue weighted by Gasteiger charge is -2.33. The molecule has 0 bridgehead atoms. The topological polar surface area (TPSA) is 96.5 Å². The Bertz CT molecular complexity index is 483. The minimum absolute atomic E-state index is 0.0354. The number of aromatic amines is 1. The van der Waals surface area contributed by atoms with E-state index in [1.165, 1.54) is 0 Å². The molecule has 0 spiro atoms. The maximum atomic E-state index is 12.0. The summed E-state index contributed by atoms with van der Waals surface area (Å²) in [5.41, 5.74) is 3.03. The third-order valence-electron chi connectivity index (χ3n) is 4.22. The molecule has 0 aliphatic carbocycles. The van der Waals surface area contributed by atoms with Crippen molar-refractivity contribution < 1.29 is 19.4 Å². The SMILES string of the molecule is CO[C@@H]1COC[C@@H](CNC(=O)CCc2c(C)n[nH]c2C)[C@@H]1O. The van der Waals surface area contributed by atoms with E-state index in [0.717, 1.165) is 17.0 Å². The predicted octanol–water partition coefficient (Wildman–Crippen LogP) is 0.0976. The number of aliphatic hydroxyl groups is 1. The summed E-state index contributed by atoms with van der Waals surface area (Å²) in [5, 5.41) is 20.0.